The molecule has 0 spiro atoms. The Morgan fingerprint density at radius 1 is 1.06 bits per heavy atom. The van der Waals surface area contributed by atoms with Crippen LogP contribution in [-0.4, -0.2) is 24.5 Å². The number of hydrogen-bond donors (Lipinski definition) is 0. The summed E-state index contributed by atoms with van der Waals surface area (Å²) in [5.41, 5.74) is 0. The van der Waals surface area contributed by atoms with Gasteiger partial charge in [0.05, 0.1) is 0 Å². The van der Waals surface area contributed by atoms with Gasteiger partial charge in [-0.3, -0.25) is 0 Å². The molecule has 0 radical (unpaired) electrons. The summed E-state index contributed by atoms with van der Waals surface area (Å²) in [7, 11) is 2.27. The normalized spacial score (nSPS) is 25.5. The van der Waals surface area contributed by atoms with Crippen molar-refractivity contribution in [3.8, 4) is 0 Å². The van der Waals surface area contributed by atoms with E-state index < -0.39 is 0 Å². The van der Waals surface area contributed by atoms with E-state index in [0.29, 0.717) is 0 Å². The molecule has 1 fully saturated rings. The fourth-order valence-corrected chi connectivity index (χ4v) is 2.75. The van der Waals surface area contributed by atoms with Gasteiger partial charge in [0.15, 0.2) is 0 Å². The molecule has 1 nitrogen and oxygen atoms in total. The Kier molecular flexibility index (Phi) is 9.02. The third-order valence-electron chi connectivity index (χ3n) is 3.74. The molecule has 0 aromatic carbocycles. The van der Waals surface area contributed by atoms with Gasteiger partial charge in [-0.2, -0.15) is 0 Å². The molecule has 0 heterocycles. The minimum absolute atomic E-state index is 0.878. The van der Waals surface area contributed by atoms with Crippen LogP contribution in [0.1, 0.15) is 66.7 Å². The molecule has 1 heteroatoms. The van der Waals surface area contributed by atoms with Gasteiger partial charge in [0.2, 0.25) is 0 Å². The molecule has 0 bridgehead atoms. The highest BCUT2D eigenvalue weighted by Crippen LogP contribution is 2.30. The summed E-state index contributed by atoms with van der Waals surface area (Å²) in [6, 6.07) is 0.878. The van der Waals surface area contributed by atoms with Crippen LogP contribution >= 0.6 is 0 Å². The Labute approximate surface area is 104 Å². The molecule has 0 saturated heterocycles. The summed E-state index contributed by atoms with van der Waals surface area (Å²) in [5.74, 6) is 1.91. The van der Waals surface area contributed by atoms with E-state index in [1.807, 2.05) is 13.8 Å². The van der Waals surface area contributed by atoms with Crippen molar-refractivity contribution in [2.24, 2.45) is 11.8 Å². The third-order valence-corrected chi connectivity index (χ3v) is 3.74. The Balaban J connectivity index is 0.00000106. The van der Waals surface area contributed by atoms with Crippen molar-refractivity contribution >= 4 is 0 Å². The van der Waals surface area contributed by atoms with Gasteiger partial charge in [-0.1, -0.05) is 34.6 Å². The molecule has 1 aliphatic rings. The molecule has 1 saturated carbocycles. The molecule has 98 valence electrons. The minimum Gasteiger partial charge on any atom is -0.304 e. The molecule has 0 N–H and O–H groups in total. The maximum Gasteiger partial charge on any atom is 0.00923 e. The second kappa shape index (κ2) is 9.04. The van der Waals surface area contributed by atoms with E-state index >= 15 is 0 Å². The largest absolute Gasteiger partial charge is 0.304 e. The summed E-state index contributed by atoms with van der Waals surface area (Å²) in [6.07, 6.45) is 7.24. The lowest BCUT2D eigenvalue weighted by Gasteiger charge is -2.34. The van der Waals surface area contributed by atoms with Crippen molar-refractivity contribution in [1.29, 1.82) is 0 Å². The van der Waals surface area contributed by atoms with Crippen LogP contribution in [0.2, 0.25) is 0 Å². The maximum atomic E-state index is 2.52. The van der Waals surface area contributed by atoms with E-state index in [2.05, 4.69) is 32.7 Å². The minimum atomic E-state index is 0.878. The summed E-state index contributed by atoms with van der Waals surface area (Å²) >= 11 is 0. The fraction of sp³-hybridized carbons (Fsp3) is 1.00. The number of nitrogens with zero attached hydrogens (tertiary/aromatic N) is 1. The first-order chi connectivity index (χ1) is 7.63. The van der Waals surface area contributed by atoms with Gasteiger partial charge in [0.1, 0.15) is 0 Å². The lowest BCUT2D eigenvalue weighted by atomic mass is 9.81. The standard InChI is InChI=1S/C13H27N.C2H6/c1-5-14(4)13-8-6-12(7-9-13)10-11(2)3;1-2/h11-13H,5-10H2,1-4H3;1-2H3. The number of hydrogen-bond acceptors (Lipinski definition) is 1. The smallest absolute Gasteiger partial charge is 0.00923 e. The maximum absolute atomic E-state index is 2.52. The van der Waals surface area contributed by atoms with E-state index in [4.69, 9.17) is 0 Å². The lowest BCUT2D eigenvalue weighted by Crippen LogP contribution is -2.35. The zero-order valence-corrected chi connectivity index (χ0v) is 12.4. The summed E-state index contributed by atoms with van der Waals surface area (Å²) in [4.78, 5) is 2.52. The van der Waals surface area contributed by atoms with Crippen molar-refractivity contribution < 1.29 is 0 Å². The van der Waals surface area contributed by atoms with Crippen LogP contribution in [0.25, 0.3) is 0 Å². The second-order valence-electron chi connectivity index (χ2n) is 5.38. The van der Waals surface area contributed by atoms with Crippen LogP contribution in [-0.2, 0) is 0 Å². The molecule has 1 aliphatic carbocycles. The van der Waals surface area contributed by atoms with E-state index in [0.717, 1.165) is 17.9 Å². The van der Waals surface area contributed by atoms with Crippen LogP contribution in [0.15, 0.2) is 0 Å². The molecule has 0 atom stereocenters. The predicted molar refractivity (Wildman–Crippen MR) is 74.9 cm³/mol. The van der Waals surface area contributed by atoms with E-state index in [9.17, 15) is 0 Å². The molecule has 16 heavy (non-hydrogen) atoms. The second-order valence-corrected chi connectivity index (χ2v) is 5.38. The van der Waals surface area contributed by atoms with Crippen LogP contribution < -0.4 is 0 Å². The van der Waals surface area contributed by atoms with Gasteiger partial charge in [0.25, 0.3) is 0 Å². The first kappa shape index (κ1) is 16.0. The van der Waals surface area contributed by atoms with Gasteiger partial charge in [0, 0.05) is 6.04 Å². The molecular formula is C15H33N. The van der Waals surface area contributed by atoms with Gasteiger partial charge in [-0.15, -0.1) is 0 Å². The van der Waals surface area contributed by atoms with Crippen molar-refractivity contribution in [2.45, 2.75) is 72.8 Å². The highest BCUT2D eigenvalue weighted by molar-refractivity contribution is 4.78. The molecular weight excluding hydrogens is 194 g/mol. The van der Waals surface area contributed by atoms with Crippen molar-refractivity contribution in [2.75, 3.05) is 13.6 Å². The number of rotatable bonds is 4. The lowest BCUT2D eigenvalue weighted by molar-refractivity contribution is 0.162. The molecule has 0 aliphatic heterocycles. The zero-order valence-electron chi connectivity index (χ0n) is 12.4. The van der Waals surface area contributed by atoms with Gasteiger partial charge in [-0.25, -0.2) is 0 Å². The third kappa shape index (κ3) is 5.89. The monoisotopic (exact) mass is 227 g/mol. The van der Waals surface area contributed by atoms with Crippen molar-refractivity contribution in [1.82, 2.24) is 4.90 Å². The van der Waals surface area contributed by atoms with Gasteiger partial charge < -0.3 is 4.90 Å². The Bertz CT molecular complexity index is 146. The summed E-state index contributed by atoms with van der Waals surface area (Å²) in [6.45, 7) is 12.2. The zero-order chi connectivity index (χ0) is 12.6. The molecule has 0 aromatic rings. The first-order valence-electron chi connectivity index (χ1n) is 7.33. The van der Waals surface area contributed by atoms with Crippen LogP contribution in [0.4, 0.5) is 0 Å². The molecule has 0 amide bonds. The summed E-state index contributed by atoms with van der Waals surface area (Å²) < 4.78 is 0. The Morgan fingerprint density at radius 3 is 1.94 bits per heavy atom. The molecule has 1 rings (SSSR count). The topological polar surface area (TPSA) is 3.24 Å². The first-order valence-corrected chi connectivity index (χ1v) is 7.33. The van der Waals surface area contributed by atoms with Crippen LogP contribution in [0.5, 0.6) is 0 Å². The van der Waals surface area contributed by atoms with Crippen LogP contribution in [0.3, 0.4) is 0 Å². The van der Waals surface area contributed by atoms with Gasteiger partial charge >= 0.3 is 0 Å². The fourth-order valence-electron chi connectivity index (χ4n) is 2.75. The average molecular weight is 227 g/mol. The summed E-state index contributed by atoms with van der Waals surface area (Å²) in [5, 5.41) is 0. The average Bonchev–Trinajstić information content (AvgIpc) is 2.31. The molecule has 0 aromatic heterocycles. The van der Waals surface area contributed by atoms with Gasteiger partial charge in [-0.05, 0) is 57.5 Å². The highest BCUT2D eigenvalue weighted by atomic mass is 15.1. The van der Waals surface area contributed by atoms with Crippen LogP contribution in [0, 0.1) is 11.8 Å². The Morgan fingerprint density at radius 2 is 1.56 bits per heavy atom. The quantitative estimate of drug-likeness (QED) is 0.680. The highest BCUT2D eigenvalue weighted by Gasteiger charge is 2.23. The molecule has 0 unspecified atom stereocenters. The van der Waals surface area contributed by atoms with E-state index in [1.165, 1.54) is 38.6 Å². The van der Waals surface area contributed by atoms with E-state index in [-0.39, 0.29) is 0 Å². The van der Waals surface area contributed by atoms with Crippen molar-refractivity contribution in [3.05, 3.63) is 0 Å². The SMILES string of the molecule is CC.CCN(C)C1CCC(CC(C)C)CC1. The predicted octanol–water partition coefficient (Wildman–Crippen LogP) is 4.57. The van der Waals surface area contributed by atoms with Crippen molar-refractivity contribution in [3.63, 3.8) is 0 Å². The van der Waals surface area contributed by atoms with E-state index in [1.54, 1.807) is 0 Å². The Hall–Kier alpha value is -0.0400.